The molecule has 0 aliphatic heterocycles. The zero-order valence-corrected chi connectivity index (χ0v) is 10.3. The number of nitrogens with zero attached hydrogens (tertiary/aromatic N) is 5. The van der Waals surface area contributed by atoms with Crippen molar-refractivity contribution in [2.24, 2.45) is 5.92 Å². The topological polar surface area (TPSA) is 68.5 Å². The van der Waals surface area contributed by atoms with Crippen molar-refractivity contribution in [1.29, 1.82) is 0 Å². The Hall–Kier alpha value is -1.98. The van der Waals surface area contributed by atoms with Gasteiger partial charge in [0, 0.05) is 25.9 Å². The van der Waals surface area contributed by atoms with E-state index in [1.54, 1.807) is 17.9 Å². The van der Waals surface area contributed by atoms with Crippen molar-refractivity contribution < 1.29 is 0 Å². The van der Waals surface area contributed by atoms with E-state index in [0.29, 0.717) is 17.8 Å². The van der Waals surface area contributed by atoms with E-state index in [0.717, 1.165) is 12.2 Å². The van der Waals surface area contributed by atoms with Crippen molar-refractivity contribution in [2.45, 2.75) is 20.3 Å². The molecule has 2 heterocycles. The molecular formula is C11H16N6. The fraction of sp³-hybridized carbons (Fsp3) is 0.455. The molecule has 0 saturated carbocycles. The van der Waals surface area contributed by atoms with Gasteiger partial charge in [0.1, 0.15) is 5.82 Å². The molecule has 0 bridgehead atoms. The van der Waals surface area contributed by atoms with Crippen molar-refractivity contribution in [3.05, 3.63) is 24.3 Å². The summed E-state index contributed by atoms with van der Waals surface area (Å²) in [4.78, 5) is 13.0. The molecule has 0 unspecified atom stereocenters. The summed E-state index contributed by atoms with van der Waals surface area (Å²) in [5, 5.41) is 7.06. The van der Waals surface area contributed by atoms with Gasteiger partial charge in [-0.15, -0.1) is 0 Å². The maximum atomic E-state index is 4.40. The Kier molecular flexibility index (Phi) is 3.32. The van der Waals surface area contributed by atoms with E-state index >= 15 is 0 Å². The first-order chi connectivity index (χ1) is 8.19. The van der Waals surface area contributed by atoms with Gasteiger partial charge in [0.05, 0.1) is 0 Å². The third-order valence-corrected chi connectivity index (χ3v) is 2.19. The number of rotatable bonds is 4. The summed E-state index contributed by atoms with van der Waals surface area (Å²) in [7, 11) is 1.79. The minimum atomic E-state index is 0.507. The number of hydrogen-bond acceptors (Lipinski definition) is 5. The lowest BCUT2D eigenvalue weighted by atomic mass is 10.1. The Bertz CT molecular complexity index is 477. The zero-order valence-electron chi connectivity index (χ0n) is 10.3. The molecule has 0 amide bonds. The molecule has 0 aliphatic carbocycles. The highest BCUT2D eigenvalue weighted by atomic mass is 15.4. The fourth-order valence-corrected chi connectivity index (χ4v) is 1.47. The second kappa shape index (κ2) is 4.90. The van der Waals surface area contributed by atoms with Crippen LogP contribution in [0.25, 0.3) is 5.95 Å². The Morgan fingerprint density at radius 1 is 1.29 bits per heavy atom. The van der Waals surface area contributed by atoms with Gasteiger partial charge in [-0.2, -0.15) is 20.1 Å². The van der Waals surface area contributed by atoms with E-state index in [-0.39, 0.29) is 0 Å². The summed E-state index contributed by atoms with van der Waals surface area (Å²) in [6.45, 7) is 4.27. The SMILES string of the molecule is CNc1nc(CC(C)C)nc(-n2cccn2)n1. The van der Waals surface area contributed by atoms with Crippen LogP contribution < -0.4 is 5.32 Å². The van der Waals surface area contributed by atoms with Crippen LogP contribution in [0, 0.1) is 5.92 Å². The van der Waals surface area contributed by atoms with Gasteiger partial charge in [-0.3, -0.25) is 0 Å². The summed E-state index contributed by atoms with van der Waals surface area (Å²) in [6.07, 6.45) is 4.34. The predicted molar refractivity (Wildman–Crippen MR) is 65.0 cm³/mol. The molecule has 0 aromatic carbocycles. The molecular weight excluding hydrogens is 216 g/mol. The zero-order chi connectivity index (χ0) is 12.3. The van der Waals surface area contributed by atoms with Gasteiger partial charge >= 0.3 is 0 Å². The third-order valence-electron chi connectivity index (χ3n) is 2.19. The van der Waals surface area contributed by atoms with E-state index in [1.165, 1.54) is 0 Å². The molecule has 90 valence electrons. The van der Waals surface area contributed by atoms with Crippen LogP contribution >= 0.6 is 0 Å². The van der Waals surface area contributed by atoms with E-state index < -0.39 is 0 Å². The number of nitrogens with one attached hydrogen (secondary N) is 1. The monoisotopic (exact) mass is 232 g/mol. The maximum Gasteiger partial charge on any atom is 0.255 e. The summed E-state index contributed by atoms with van der Waals surface area (Å²) >= 11 is 0. The smallest absolute Gasteiger partial charge is 0.255 e. The highest BCUT2D eigenvalue weighted by molar-refractivity contribution is 5.27. The maximum absolute atomic E-state index is 4.40. The second-order valence-corrected chi connectivity index (χ2v) is 4.17. The van der Waals surface area contributed by atoms with Gasteiger partial charge < -0.3 is 5.32 Å². The molecule has 1 N–H and O–H groups in total. The van der Waals surface area contributed by atoms with Gasteiger partial charge in [-0.05, 0) is 12.0 Å². The minimum absolute atomic E-state index is 0.507. The lowest BCUT2D eigenvalue weighted by Crippen LogP contribution is -2.11. The summed E-state index contributed by atoms with van der Waals surface area (Å²) in [6, 6.07) is 1.84. The van der Waals surface area contributed by atoms with E-state index in [9.17, 15) is 0 Å². The van der Waals surface area contributed by atoms with Crippen molar-refractivity contribution in [1.82, 2.24) is 24.7 Å². The van der Waals surface area contributed by atoms with Crippen molar-refractivity contribution in [2.75, 3.05) is 12.4 Å². The Balaban J connectivity index is 2.38. The van der Waals surface area contributed by atoms with Crippen LogP contribution in [0.15, 0.2) is 18.5 Å². The predicted octanol–water partition coefficient (Wildman–Crippen LogP) is 1.30. The molecule has 6 heteroatoms. The first-order valence-electron chi connectivity index (χ1n) is 5.61. The first kappa shape index (κ1) is 11.5. The lowest BCUT2D eigenvalue weighted by molar-refractivity contribution is 0.613. The molecule has 2 aromatic heterocycles. The van der Waals surface area contributed by atoms with Crippen LogP contribution in [0.5, 0.6) is 0 Å². The van der Waals surface area contributed by atoms with Crippen molar-refractivity contribution >= 4 is 5.95 Å². The average molecular weight is 232 g/mol. The molecule has 0 atom stereocenters. The number of hydrogen-bond donors (Lipinski definition) is 1. The van der Waals surface area contributed by atoms with E-state index in [1.807, 2.05) is 12.3 Å². The Labute approximate surface area is 100 Å². The average Bonchev–Trinajstić information content (AvgIpc) is 2.81. The third kappa shape index (κ3) is 2.77. The molecule has 6 nitrogen and oxygen atoms in total. The van der Waals surface area contributed by atoms with Crippen LogP contribution in [0.2, 0.25) is 0 Å². The first-order valence-corrected chi connectivity index (χ1v) is 5.61. The van der Waals surface area contributed by atoms with Crippen LogP contribution in [-0.4, -0.2) is 31.8 Å². The molecule has 2 aromatic rings. The quantitative estimate of drug-likeness (QED) is 0.860. The van der Waals surface area contributed by atoms with Gasteiger partial charge in [-0.1, -0.05) is 13.8 Å². The summed E-state index contributed by atoms with van der Waals surface area (Å²) in [5.41, 5.74) is 0. The molecule has 0 radical (unpaired) electrons. The van der Waals surface area contributed by atoms with Crippen LogP contribution in [-0.2, 0) is 6.42 Å². The lowest BCUT2D eigenvalue weighted by Gasteiger charge is -2.07. The number of anilines is 1. The normalized spacial score (nSPS) is 10.8. The van der Waals surface area contributed by atoms with Crippen LogP contribution in [0.1, 0.15) is 19.7 Å². The summed E-state index contributed by atoms with van der Waals surface area (Å²) < 4.78 is 1.63. The van der Waals surface area contributed by atoms with Gasteiger partial charge in [-0.25, -0.2) is 4.68 Å². The molecule has 17 heavy (non-hydrogen) atoms. The summed E-state index contributed by atoms with van der Waals surface area (Å²) in [5.74, 6) is 2.41. The van der Waals surface area contributed by atoms with E-state index in [2.05, 4.69) is 39.2 Å². The molecule has 0 saturated heterocycles. The highest BCUT2D eigenvalue weighted by Gasteiger charge is 2.08. The highest BCUT2D eigenvalue weighted by Crippen LogP contribution is 2.08. The second-order valence-electron chi connectivity index (χ2n) is 4.17. The Morgan fingerprint density at radius 2 is 2.12 bits per heavy atom. The fourth-order valence-electron chi connectivity index (χ4n) is 1.47. The number of aromatic nitrogens is 5. The molecule has 0 aliphatic rings. The van der Waals surface area contributed by atoms with Crippen molar-refractivity contribution in [3.8, 4) is 5.95 Å². The van der Waals surface area contributed by atoms with Crippen LogP contribution in [0.4, 0.5) is 5.95 Å². The standard InChI is InChI=1S/C11H16N6/c1-8(2)7-9-14-10(12-3)16-11(15-9)17-6-4-5-13-17/h4-6,8H,7H2,1-3H3,(H,12,14,15,16). The van der Waals surface area contributed by atoms with Gasteiger partial charge in [0.25, 0.3) is 5.95 Å². The molecule has 0 fully saturated rings. The molecule has 2 rings (SSSR count). The van der Waals surface area contributed by atoms with Gasteiger partial charge in [0.2, 0.25) is 5.95 Å². The largest absolute Gasteiger partial charge is 0.357 e. The molecule has 0 spiro atoms. The van der Waals surface area contributed by atoms with Gasteiger partial charge in [0.15, 0.2) is 0 Å². The minimum Gasteiger partial charge on any atom is -0.357 e. The van der Waals surface area contributed by atoms with E-state index in [4.69, 9.17) is 0 Å². The van der Waals surface area contributed by atoms with Crippen LogP contribution in [0.3, 0.4) is 0 Å². The Morgan fingerprint density at radius 3 is 2.71 bits per heavy atom. The van der Waals surface area contributed by atoms with Crippen molar-refractivity contribution in [3.63, 3.8) is 0 Å².